The van der Waals surface area contributed by atoms with Crippen LogP contribution in [0.2, 0.25) is 0 Å². The fourth-order valence-corrected chi connectivity index (χ4v) is 0.815. The SMILES string of the molecule is N#CC(=C[O-])c1cccc(F)c1.[Na+]. The van der Waals surface area contributed by atoms with E-state index in [1.807, 2.05) is 0 Å². The van der Waals surface area contributed by atoms with E-state index < -0.39 is 5.82 Å². The second kappa shape index (κ2) is 5.76. The average Bonchev–Trinajstić information content (AvgIpc) is 2.07. The van der Waals surface area contributed by atoms with Crippen LogP contribution in [0.1, 0.15) is 5.56 Å². The van der Waals surface area contributed by atoms with E-state index in [4.69, 9.17) is 5.26 Å². The summed E-state index contributed by atoms with van der Waals surface area (Å²) in [4.78, 5) is 0. The van der Waals surface area contributed by atoms with Crippen LogP contribution in [0, 0.1) is 17.1 Å². The number of benzene rings is 1. The Hall–Kier alpha value is -0.820. The van der Waals surface area contributed by atoms with Crippen LogP contribution >= 0.6 is 0 Å². The maximum atomic E-state index is 12.6. The zero-order valence-corrected chi connectivity index (χ0v) is 9.12. The molecule has 0 aliphatic carbocycles. The van der Waals surface area contributed by atoms with Crippen LogP contribution < -0.4 is 34.7 Å². The van der Waals surface area contributed by atoms with E-state index >= 15 is 0 Å². The molecular weight excluding hydrogens is 180 g/mol. The summed E-state index contributed by atoms with van der Waals surface area (Å²) in [5.74, 6) is -0.456. The van der Waals surface area contributed by atoms with E-state index in [0.29, 0.717) is 11.8 Å². The summed E-state index contributed by atoms with van der Waals surface area (Å²) in [5.41, 5.74) is 0.252. The van der Waals surface area contributed by atoms with Crippen LogP contribution in [-0.2, 0) is 0 Å². The predicted octanol–water partition coefficient (Wildman–Crippen LogP) is -1.95. The molecule has 0 atom stereocenters. The summed E-state index contributed by atoms with van der Waals surface area (Å²) >= 11 is 0. The Balaban J connectivity index is 0.00000144. The molecule has 1 aromatic carbocycles. The molecule has 1 aromatic rings. The Labute approximate surface area is 97.6 Å². The largest absolute Gasteiger partial charge is 1.00 e. The van der Waals surface area contributed by atoms with Crippen LogP contribution in [0.4, 0.5) is 4.39 Å². The molecule has 0 saturated carbocycles. The van der Waals surface area contributed by atoms with Gasteiger partial charge in [0.25, 0.3) is 0 Å². The molecule has 1 rings (SSSR count). The van der Waals surface area contributed by atoms with Gasteiger partial charge in [-0.15, -0.1) is 6.26 Å². The topological polar surface area (TPSA) is 46.8 Å². The van der Waals surface area contributed by atoms with Crippen molar-refractivity contribution < 1.29 is 39.1 Å². The zero-order valence-electron chi connectivity index (χ0n) is 7.12. The molecule has 60 valence electrons. The van der Waals surface area contributed by atoms with Crippen molar-refractivity contribution in [3.63, 3.8) is 0 Å². The van der Waals surface area contributed by atoms with Gasteiger partial charge in [0.05, 0.1) is 6.07 Å². The standard InChI is InChI=1S/C9H6FNO.Na/c10-9-3-1-2-7(4-9)8(5-11)6-12;/h1-4,6,12H;/q;+1/p-1. The third-order valence-electron chi connectivity index (χ3n) is 1.37. The van der Waals surface area contributed by atoms with Gasteiger partial charge in [-0.25, -0.2) is 4.39 Å². The predicted molar refractivity (Wildman–Crippen MR) is 40.0 cm³/mol. The van der Waals surface area contributed by atoms with Gasteiger partial charge in [-0.2, -0.15) is 5.26 Å². The summed E-state index contributed by atoms with van der Waals surface area (Å²) in [5, 5.41) is 18.7. The molecule has 0 unspecified atom stereocenters. The monoisotopic (exact) mass is 185 g/mol. The molecule has 13 heavy (non-hydrogen) atoms. The molecule has 0 heterocycles. The van der Waals surface area contributed by atoms with E-state index in [1.165, 1.54) is 18.2 Å². The normalized spacial score (nSPS) is 10.0. The molecule has 0 fully saturated rings. The van der Waals surface area contributed by atoms with Gasteiger partial charge >= 0.3 is 29.6 Å². The number of hydrogen-bond donors (Lipinski definition) is 0. The molecule has 0 amide bonds. The Morgan fingerprint density at radius 1 is 1.54 bits per heavy atom. The van der Waals surface area contributed by atoms with Gasteiger partial charge in [0.2, 0.25) is 0 Å². The number of allylic oxidation sites excluding steroid dienone is 1. The number of rotatable bonds is 1. The van der Waals surface area contributed by atoms with Gasteiger partial charge in [0.1, 0.15) is 5.82 Å². The van der Waals surface area contributed by atoms with E-state index in [-0.39, 0.29) is 35.1 Å². The van der Waals surface area contributed by atoms with Crippen LogP contribution in [0.15, 0.2) is 30.5 Å². The Morgan fingerprint density at radius 2 is 2.23 bits per heavy atom. The number of hydrogen-bond acceptors (Lipinski definition) is 2. The van der Waals surface area contributed by atoms with Crippen molar-refractivity contribution in [2.45, 2.75) is 0 Å². The number of halogens is 1. The Morgan fingerprint density at radius 3 is 2.69 bits per heavy atom. The van der Waals surface area contributed by atoms with Crippen LogP contribution in [0.3, 0.4) is 0 Å². The Bertz CT molecular complexity index is 357. The average molecular weight is 185 g/mol. The molecule has 0 bridgehead atoms. The second-order valence-corrected chi connectivity index (χ2v) is 2.15. The minimum atomic E-state index is -0.456. The molecule has 0 saturated heterocycles. The van der Waals surface area contributed by atoms with E-state index in [2.05, 4.69) is 0 Å². The van der Waals surface area contributed by atoms with Crippen molar-refractivity contribution >= 4 is 5.57 Å². The number of nitrogens with zero attached hydrogens (tertiary/aromatic N) is 1. The maximum Gasteiger partial charge on any atom is 1.00 e. The molecule has 0 aromatic heterocycles. The van der Waals surface area contributed by atoms with Gasteiger partial charge in [-0.1, -0.05) is 12.1 Å². The summed E-state index contributed by atoms with van der Waals surface area (Å²) in [6.07, 6.45) is 0.411. The van der Waals surface area contributed by atoms with Crippen molar-refractivity contribution in [2.24, 2.45) is 0 Å². The first-order valence-corrected chi connectivity index (χ1v) is 3.26. The molecule has 0 spiro atoms. The van der Waals surface area contributed by atoms with Gasteiger partial charge in [-0.05, 0) is 17.7 Å². The van der Waals surface area contributed by atoms with Gasteiger partial charge in [0, 0.05) is 5.57 Å². The van der Waals surface area contributed by atoms with Crippen LogP contribution in [-0.4, -0.2) is 0 Å². The summed E-state index contributed by atoms with van der Waals surface area (Å²) < 4.78 is 12.6. The van der Waals surface area contributed by atoms with Crippen molar-refractivity contribution in [1.29, 1.82) is 5.26 Å². The summed E-state index contributed by atoms with van der Waals surface area (Å²) in [6, 6.07) is 7.04. The van der Waals surface area contributed by atoms with Gasteiger partial charge in [0.15, 0.2) is 0 Å². The minimum Gasteiger partial charge on any atom is -0.877 e. The van der Waals surface area contributed by atoms with Crippen molar-refractivity contribution in [3.8, 4) is 6.07 Å². The molecule has 4 heteroatoms. The minimum absolute atomic E-state index is 0. The van der Waals surface area contributed by atoms with E-state index in [9.17, 15) is 9.50 Å². The quantitative estimate of drug-likeness (QED) is 0.290. The van der Waals surface area contributed by atoms with Crippen molar-refractivity contribution in [2.75, 3.05) is 0 Å². The third kappa shape index (κ3) is 3.19. The fraction of sp³-hybridized carbons (Fsp3) is 0. The van der Waals surface area contributed by atoms with Gasteiger partial charge < -0.3 is 5.11 Å². The molecule has 2 nitrogen and oxygen atoms in total. The molecule has 0 aliphatic rings. The second-order valence-electron chi connectivity index (χ2n) is 2.15. The first-order valence-electron chi connectivity index (χ1n) is 3.26. The summed E-state index contributed by atoms with van der Waals surface area (Å²) in [7, 11) is 0. The number of nitriles is 1. The van der Waals surface area contributed by atoms with Gasteiger partial charge in [-0.3, -0.25) is 0 Å². The Kier molecular flexibility index (Phi) is 5.40. The maximum absolute atomic E-state index is 12.6. The first-order chi connectivity index (χ1) is 5.77. The third-order valence-corrected chi connectivity index (χ3v) is 1.37. The smallest absolute Gasteiger partial charge is 0.877 e. The van der Waals surface area contributed by atoms with Crippen LogP contribution in [0.5, 0.6) is 0 Å². The molecule has 0 radical (unpaired) electrons. The van der Waals surface area contributed by atoms with E-state index in [0.717, 1.165) is 6.07 Å². The van der Waals surface area contributed by atoms with E-state index in [1.54, 1.807) is 6.07 Å². The van der Waals surface area contributed by atoms with Crippen molar-refractivity contribution in [1.82, 2.24) is 0 Å². The molecule has 0 aliphatic heterocycles. The fourth-order valence-electron chi connectivity index (χ4n) is 0.815. The molecule has 0 N–H and O–H groups in total. The molecular formula is C9H5FNNaO. The first kappa shape index (κ1) is 12.2. The van der Waals surface area contributed by atoms with Crippen LogP contribution in [0.25, 0.3) is 5.57 Å². The van der Waals surface area contributed by atoms with Crippen molar-refractivity contribution in [3.05, 3.63) is 41.9 Å². The zero-order chi connectivity index (χ0) is 8.97. The summed E-state index contributed by atoms with van der Waals surface area (Å²) in [6.45, 7) is 0.